The van der Waals surface area contributed by atoms with Crippen molar-refractivity contribution < 1.29 is 9.59 Å². The minimum atomic E-state index is -0.00939. The first-order valence-corrected chi connectivity index (χ1v) is 10.7. The van der Waals surface area contributed by atoms with E-state index in [1.165, 1.54) is 11.1 Å². The molecule has 2 amide bonds. The monoisotopic (exact) mass is 392 g/mol. The summed E-state index contributed by atoms with van der Waals surface area (Å²) in [6.07, 6.45) is 3.12. The molecule has 1 N–H and O–H groups in total. The van der Waals surface area contributed by atoms with Crippen LogP contribution in [0.2, 0.25) is 0 Å². The van der Waals surface area contributed by atoms with Gasteiger partial charge in [0.15, 0.2) is 0 Å². The SMILES string of the molecule is CCN(Cc1ccccc1)C(=O)C1CCC(C(=O)Nc2ccc(C)c(C)c2)CC1. The van der Waals surface area contributed by atoms with Gasteiger partial charge >= 0.3 is 0 Å². The van der Waals surface area contributed by atoms with Gasteiger partial charge in [-0.3, -0.25) is 9.59 Å². The van der Waals surface area contributed by atoms with Gasteiger partial charge in [-0.05, 0) is 75.3 Å². The van der Waals surface area contributed by atoms with Crippen LogP contribution in [-0.4, -0.2) is 23.3 Å². The Hall–Kier alpha value is -2.62. The fraction of sp³-hybridized carbons (Fsp3) is 0.440. The van der Waals surface area contributed by atoms with Gasteiger partial charge in [0, 0.05) is 30.6 Å². The van der Waals surface area contributed by atoms with Crippen LogP contribution in [0.5, 0.6) is 0 Å². The van der Waals surface area contributed by atoms with Crippen LogP contribution < -0.4 is 5.32 Å². The molecule has 1 saturated carbocycles. The zero-order valence-electron chi connectivity index (χ0n) is 17.8. The lowest BCUT2D eigenvalue weighted by Crippen LogP contribution is -2.38. The first-order chi connectivity index (χ1) is 14.0. The predicted octanol–water partition coefficient (Wildman–Crippen LogP) is 5.10. The zero-order valence-corrected chi connectivity index (χ0v) is 17.8. The number of hydrogen-bond donors (Lipinski definition) is 1. The number of amides is 2. The molecule has 0 bridgehead atoms. The van der Waals surface area contributed by atoms with Gasteiger partial charge in [0.05, 0.1) is 0 Å². The molecule has 4 heteroatoms. The highest BCUT2D eigenvalue weighted by molar-refractivity contribution is 5.93. The quantitative estimate of drug-likeness (QED) is 0.744. The van der Waals surface area contributed by atoms with Crippen molar-refractivity contribution in [1.82, 2.24) is 4.90 Å². The molecule has 1 aliphatic rings. The first-order valence-electron chi connectivity index (χ1n) is 10.7. The molecular formula is C25H32N2O2. The number of nitrogens with zero attached hydrogens (tertiary/aromatic N) is 1. The third-order valence-corrected chi connectivity index (χ3v) is 6.13. The van der Waals surface area contributed by atoms with E-state index in [4.69, 9.17) is 0 Å². The molecular weight excluding hydrogens is 360 g/mol. The standard InChI is InChI=1S/C25H32N2O2/c1-4-27(17-20-8-6-5-7-9-20)25(29)22-13-11-21(12-14-22)24(28)26-23-15-10-18(2)19(3)16-23/h5-10,15-16,21-22H,4,11-14,17H2,1-3H3,(H,26,28). The lowest BCUT2D eigenvalue weighted by atomic mass is 9.80. The second-order valence-electron chi connectivity index (χ2n) is 8.17. The van der Waals surface area contributed by atoms with Crippen molar-refractivity contribution in [3.63, 3.8) is 0 Å². The number of anilines is 1. The Balaban J connectivity index is 1.52. The fourth-order valence-corrected chi connectivity index (χ4v) is 4.07. The Bertz CT molecular complexity index is 839. The maximum absolute atomic E-state index is 13.0. The third-order valence-electron chi connectivity index (χ3n) is 6.13. The number of hydrogen-bond acceptors (Lipinski definition) is 2. The van der Waals surface area contributed by atoms with Crippen molar-refractivity contribution in [2.24, 2.45) is 11.8 Å². The van der Waals surface area contributed by atoms with Gasteiger partial charge in [-0.1, -0.05) is 36.4 Å². The second kappa shape index (κ2) is 9.73. The van der Waals surface area contributed by atoms with Gasteiger partial charge in [0.25, 0.3) is 0 Å². The normalized spacial score (nSPS) is 18.9. The molecule has 2 aromatic rings. The van der Waals surface area contributed by atoms with E-state index in [0.29, 0.717) is 13.1 Å². The number of benzene rings is 2. The summed E-state index contributed by atoms with van der Waals surface area (Å²) in [5.74, 6) is 0.328. The van der Waals surface area contributed by atoms with Crippen molar-refractivity contribution in [2.75, 3.05) is 11.9 Å². The maximum atomic E-state index is 13.0. The molecule has 1 fully saturated rings. The van der Waals surface area contributed by atoms with Crippen LogP contribution in [0.4, 0.5) is 5.69 Å². The van der Waals surface area contributed by atoms with E-state index >= 15 is 0 Å². The van der Waals surface area contributed by atoms with E-state index in [0.717, 1.165) is 36.9 Å². The topological polar surface area (TPSA) is 49.4 Å². The molecule has 0 aliphatic heterocycles. The van der Waals surface area contributed by atoms with Crippen LogP contribution in [0.15, 0.2) is 48.5 Å². The lowest BCUT2D eigenvalue weighted by Gasteiger charge is -2.31. The lowest BCUT2D eigenvalue weighted by molar-refractivity contribution is -0.138. The van der Waals surface area contributed by atoms with Gasteiger partial charge in [-0.2, -0.15) is 0 Å². The van der Waals surface area contributed by atoms with Crippen LogP contribution in [0.25, 0.3) is 0 Å². The van der Waals surface area contributed by atoms with Crippen molar-refractivity contribution in [2.45, 2.75) is 53.0 Å². The molecule has 0 heterocycles. The van der Waals surface area contributed by atoms with Gasteiger partial charge in [0.2, 0.25) is 11.8 Å². The van der Waals surface area contributed by atoms with E-state index in [2.05, 4.69) is 31.3 Å². The van der Waals surface area contributed by atoms with Crippen LogP contribution >= 0.6 is 0 Å². The van der Waals surface area contributed by atoms with Crippen molar-refractivity contribution >= 4 is 17.5 Å². The maximum Gasteiger partial charge on any atom is 0.227 e. The molecule has 0 atom stereocenters. The number of carbonyl (C=O) groups excluding carboxylic acids is 2. The van der Waals surface area contributed by atoms with Gasteiger partial charge in [0.1, 0.15) is 0 Å². The van der Waals surface area contributed by atoms with E-state index in [-0.39, 0.29) is 23.7 Å². The summed E-state index contributed by atoms with van der Waals surface area (Å²) in [6, 6.07) is 16.1. The molecule has 4 nitrogen and oxygen atoms in total. The Kier molecular flexibility index (Phi) is 7.08. The minimum Gasteiger partial charge on any atom is -0.338 e. The smallest absolute Gasteiger partial charge is 0.227 e. The number of nitrogens with one attached hydrogen (secondary N) is 1. The summed E-state index contributed by atoms with van der Waals surface area (Å²) in [4.78, 5) is 27.6. The molecule has 0 spiro atoms. The Morgan fingerprint density at radius 3 is 2.21 bits per heavy atom. The molecule has 1 aliphatic carbocycles. The molecule has 154 valence electrons. The summed E-state index contributed by atoms with van der Waals surface area (Å²) in [5.41, 5.74) is 4.41. The Morgan fingerprint density at radius 1 is 0.931 bits per heavy atom. The van der Waals surface area contributed by atoms with Crippen LogP contribution in [-0.2, 0) is 16.1 Å². The second-order valence-corrected chi connectivity index (χ2v) is 8.17. The number of rotatable bonds is 6. The largest absolute Gasteiger partial charge is 0.338 e. The number of carbonyl (C=O) groups is 2. The van der Waals surface area contributed by atoms with E-state index in [1.807, 2.05) is 48.2 Å². The molecule has 2 aromatic carbocycles. The number of aryl methyl sites for hydroxylation is 2. The summed E-state index contributed by atoms with van der Waals surface area (Å²) in [6.45, 7) is 7.51. The van der Waals surface area contributed by atoms with E-state index in [9.17, 15) is 9.59 Å². The highest BCUT2D eigenvalue weighted by Crippen LogP contribution is 2.31. The fourth-order valence-electron chi connectivity index (χ4n) is 4.07. The van der Waals surface area contributed by atoms with Gasteiger partial charge < -0.3 is 10.2 Å². The average molecular weight is 393 g/mol. The summed E-state index contributed by atoms with van der Waals surface area (Å²) < 4.78 is 0. The average Bonchev–Trinajstić information content (AvgIpc) is 2.75. The van der Waals surface area contributed by atoms with Crippen LogP contribution in [0.3, 0.4) is 0 Å². The summed E-state index contributed by atoms with van der Waals surface area (Å²) in [7, 11) is 0. The van der Waals surface area contributed by atoms with Gasteiger partial charge in [-0.15, -0.1) is 0 Å². The molecule has 0 unspecified atom stereocenters. The Labute approximate surface area is 174 Å². The zero-order chi connectivity index (χ0) is 20.8. The van der Waals surface area contributed by atoms with Crippen molar-refractivity contribution in [3.05, 3.63) is 65.2 Å². The first kappa shape index (κ1) is 21.1. The highest BCUT2D eigenvalue weighted by Gasteiger charge is 2.32. The minimum absolute atomic E-state index is 0.00939. The molecule has 3 rings (SSSR count). The summed E-state index contributed by atoms with van der Waals surface area (Å²) in [5, 5.41) is 3.06. The Morgan fingerprint density at radius 2 is 1.59 bits per heavy atom. The van der Waals surface area contributed by atoms with Crippen molar-refractivity contribution in [1.29, 1.82) is 0 Å². The van der Waals surface area contributed by atoms with Gasteiger partial charge in [-0.25, -0.2) is 0 Å². The third kappa shape index (κ3) is 5.47. The van der Waals surface area contributed by atoms with Crippen LogP contribution in [0.1, 0.15) is 49.3 Å². The van der Waals surface area contributed by atoms with Crippen LogP contribution in [0, 0.1) is 25.7 Å². The molecule has 29 heavy (non-hydrogen) atoms. The summed E-state index contributed by atoms with van der Waals surface area (Å²) >= 11 is 0. The van der Waals surface area contributed by atoms with E-state index in [1.54, 1.807) is 0 Å². The molecule has 0 aromatic heterocycles. The van der Waals surface area contributed by atoms with Crippen molar-refractivity contribution in [3.8, 4) is 0 Å². The molecule has 0 radical (unpaired) electrons. The molecule has 0 saturated heterocycles. The predicted molar refractivity (Wildman–Crippen MR) is 118 cm³/mol. The van der Waals surface area contributed by atoms with E-state index < -0.39 is 0 Å². The highest BCUT2D eigenvalue weighted by atomic mass is 16.2.